The molecule has 11 rings (SSSR count). The Morgan fingerprint density at radius 3 is 1.77 bits per heavy atom. The lowest BCUT2D eigenvalue weighted by Crippen LogP contribution is -2.29. The van der Waals surface area contributed by atoms with Gasteiger partial charge in [-0.25, -0.2) is 0 Å². The van der Waals surface area contributed by atoms with E-state index in [0.717, 1.165) is 17.1 Å². The summed E-state index contributed by atoms with van der Waals surface area (Å²) in [6.07, 6.45) is 0. The zero-order chi connectivity index (χ0) is 34.2. The monoisotopic (exact) mass is 660 g/mol. The topological polar surface area (TPSA) is 9.23 Å². The van der Waals surface area contributed by atoms with Crippen LogP contribution in [-0.2, 0) is 5.41 Å². The van der Waals surface area contributed by atoms with Crippen LogP contribution in [0, 0.1) is 0 Å². The molecule has 0 spiro atoms. The molecule has 1 aliphatic carbocycles. The van der Waals surface area contributed by atoms with Gasteiger partial charge in [0.15, 0.2) is 0 Å². The van der Waals surface area contributed by atoms with Crippen LogP contribution < -0.4 is 4.74 Å². The second kappa shape index (κ2) is 11.2. The van der Waals surface area contributed by atoms with Gasteiger partial charge in [0.1, 0.15) is 11.5 Å². The van der Waals surface area contributed by atoms with Crippen LogP contribution in [0.2, 0.25) is 0 Å². The van der Waals surface area contributed by atoms with Crippen LogP contribution in [0.3, 0.4) is 0 Å². The van der Waals surface area contributed by atoms with Crippen molar-refractivity contribution in [1.29, 1.82) is 0 Å². The van der Waals surface area contributed by atoms with Crippen LogP contribution in [-0.4, -0.2) is 0 Å². The van der Waals surface area contributed by atoms with Gasteiger partial charge in [0.25, 0.3) is 0 Å². The molecule has 1 heterocycles. The van der Waals surface area contributed by atoms with Gasteiger partial charge in [0, 0.05) is 10.9 Å². The van der Waals surface area contributed by atoms with Gasteiger partial charge < -0.3 is 4.74 Å². The highest BCUT2D eigenvalue weighted by Gasteiger charge is 2.48. The molecule has 0 fully saturated rings. The van der Waals surface area contributed by atoms with Gasteiger partial charge in [0.05, 0.1) is 5.41 Å². The van der Waals surface area contributed by atoms with Crippen molar-refractivity contribution in [1.82, 2.24) is 0 Å². The fourth-order valence-electron chi connectivity index (χ4n) is 9.14. The van der Waals surface area contributed by atoms with Gasteiger partial charge >= 0.3 is 0 Å². The molecule has 2 aliphatic rings. The Morgan fingerprint density at radius 1 is 0.365 bits per heavy atom. The highest BCUT2D eigenvalue weighted by molar-refractivity contribution is 6.08. The van der Waals surface area contributed by atoms with E-state index in [9.17, 15) is 0 Å². The highest BCUT2D eigenvalue weighted by atomic mass is 16.5. The average molecular weight is 661 g/mol. The van der Waals surface area contributed by atoms with E-state index in [1.54, 1.807) is 0 Å². The second-order valence-corrected chi connectivity index (χ2v) is 14.0. The van der Waals surface area contributed by atoms with Gasteiger partial charge in [-0.1, -0.05) is 164 Å². The molecule has 9 aromatic rings. The number of benzene rings is 9. The van der Waals surface area contributed by atoms with Gasteiger partial charge in [-0.2, -0.15) is 0 Å². The van der Waals surface area contributed by atoms with Crippen molar-refractivity contribution in [2.75, 3.05) is 0 Å². The second-order valence-electron chi connectivity index (χ2n) is 14.0. The largest absolute Gasteiger partial charge is 0.456 e. The van der Waals surface area contributed by atoms with Gasteiger partial charge in [-0.3, -0.25) is 0 Å². The van der Waals surface area contributed by atoms with E-state index >= 15 is 0 Å². The predicted molar refractivity (Wildman–Crippen MR) is 215 cm³/mol. The summed E-state index contributed by atoms with van der Waals surface area (Å²) in [5.41, 5.74) is 14.4. The third kappa shape index (κ3) is 4.05. The number of fused-ring (bicyclic) bond motifs is 7. The van der Waals surface area contributed by atoms with Gasteiger partial charge in [0.2, 0.25) is 0 Å². The fraction of sp³-hybridized carbons (Fsp3) is 0.0196. The van der Waals surface area contributed by atoms with E-state index in [2.05, 4.69) is 194 Å². The zero-order valence-electron chi connectivity index (χ0n) is 28.4. The van der Waals surface area contributed by atoms with Crippen LogP contribution in [0.25, 0.3) is 66.1 Å². The van der Waals surface area contributed by atoms with E-state index in [1.807, 2.05) is 0 Å². The van der Waals surface area contributed by atoms with Crippen LogP contribution in [0.4, 0.5) is 0 Å². The molecule has 0 saturated carbocycles. The normalized spacial score (nSPS) is 13.3. The first-order chi connectivity index (χ1) is 25.8. The lowest BCUT2D eigenvalue weighted by Gasteiger charge is -2.35. The summed E-state index contributed by atoms with van der Waals surface area (Å²) in [5, 5.41) is 4.89. The summed E-state index contributed by atoms with van der Waals surface area (Å²) in [5.74, 6) is 1.81. The van der Waals surface area contributed by atoms with Crippen molar-refractivity contribution in [3.05, 3.63) is 216 Å². The molecule has 1 aliphatic heterocycles. The summed E-state index contributed by atoms with van der Waals surface area (Å²) in [6, 6.07) is 71.2. The average Bonchev–Trinajstić information content (AvgIpc) is 3.53. The molecule has 9 aromatic carbocycles. The Morgan fingerprint density at radius 2 is 1.00 bits per heavy atom. The molecule has 0 N–H and O–H groups in total. The molecule has 0 unspecified atom stereocenters. The standard InChI is InChI=1S/C51H32O/c1-4-14-33(15-5-1)43-31-37-16-10-11-23-40(37)50-49(43)42-28-26-36(32-45(42)51(50,38-19-6-2-7-20-38)39-21-8-3-9-22-39)35-27-29-46-44(30-35)41-24-12-17-34-18-13-25-47(52-46)48(34)41/h1-32H. The quantitative estimate of drug-likeness (QED) is 0.183. The first kappa shape index (κ1) is 29.1. The van der Waals surface area contributed by atoms with Gasteiger partial charge in [-0.15, -0.1) is 0 Å². The Bertz CT molecular complexity index is 2810. The molecular formula is C51H32O. The Kier molecular flexibility index (Phi) is 6.23. The third-order valence-electron chi connectivity index (χ3n) is 11.3. The summed E-state index contributed by atoms with van der Waals surface area (Å²) in [7, 11) is 0. The van der Waals surface area contributed by atoms with E-state index < -0.39 is 5.41 Å². The number of ether oxygens (including phenoxy) is 1. The molecule has 0 saturated heterocycles. The van der Waals surface area contributed by atoms with Crippen LogP contribution in [0.15, 0.2) is 194 Å². The molecular weight excluding hydrogens is 629 g/mol. The third-order valence-corrected chi connectivity index (χ3v) is 11.3. The molecule has 0 bridgehead atoms. The minimum absolute atomic E-state index is 0.560. The van der Waals surface area contributed by atoms with Crippen LogP contribution in [0.1, 0.15) is 22.3 Å². The minimum Gasteiger partial charge on any atom is -0.456 e. The molecule has 0 atom stereocenters. The summed E-state index contributed by atoms with van der Waals surface area (Å²) in [4.78, 5) is 0. The Labute approximate surface area is 303 Å². The van der Waals surface area contributed by atoms with E-state index in [-0.39, 0.29) is 0 Å². The number of rotatable bonds is 4. The molecule has 0 amide bonds. The number of hydrogen-bond acceptors (Lipinski definition) is 1. The molecule has 0 radical (unpaired) electrons. The van der Waals surface area contributed by atoms with Crippen LogP contribution >= 0.6 is 0 Å². The molecule has 1 nitrogen and oxygen atoms in total. The van der Waals surface area contributed by atoms with Gasteiger partial charge in [-0.05, 0) is 108 Å². The fourth-order valence-corrected chi connectivity index (χ4v) is 9.14. The van der Waals surface area contributed by atoms with Crippen molar-refractivity contribution in [2.45, 2.75) is 5.41 Å². The Hall–Kier alpha value is -6.70. The summed E-state index contributed by atoms with van der Waals surface area (Å²) in [6.45, 7) is 0. The maximum Gasteiger partial charge on any atom is 0.135 e. The highest BCUT2D eigenvalue weighted by Crippen LogP contribution is 2.61. The van der Waals surface area contributed by atoms with Crippen molar-refractivity contribution in [3.63, 3.8) is 0 Å². The van der Waals surface area contributed by atoms with E-state index in [4.69, 9.17) is 4.74 Å². The molecule has 242 valence electrons. The summed E-state index contributed by atoms with van der Waals surface area (Å²) >= 11 is 0. The molecule has 0 aromatic heterocycles. The van der Waals surface area contributed by atoms with E-state index in [0.29, 0.717) is 0 Å². The van der Waals surface area contributed by atoms with E-state index in [1.165, 1.54) is 82.7 Å². The lowest BCUT2D eigenvalue weighted by molar-refractivity contribution is 0.487. The maximum absolute atomic E-state index is 6.50. The predicted octanol–water partition coefficient (Wildman–Crippen LogP) is 13.5. The first-order valence-corrected chi connectivity index (χ1v) is 18.0. The van der Waals surface area contributed by atoms with Crippen molar-refractivity contribution in [3.8, 4) is 56.0 Å². The minimum atomic E-state index is -0.560. The van der Waals surface area contributed by atoms with Crippen molar-refractivity contribution >= 4 is 21.5 Å². The van der Waals surface area contributed by atoms with Crippen molar-refractivity contribution < 1.29 is 4.74 Å². The Balaban J connectivity index is 1.24. The first-order valence-electron chi connectivity index (χ1n) is 18.0. The molecule has 1 heteroatoms. The summed E-state index contributed by atoms with van der Waals surface area (Å²) < 4.78 is 6.50. The van der Waals surface area contributed by atoms with Crippen molar-refractivity contribution in [2.24, 2.45) is 0 Å². The zero-order valence-corrected chi connectivity index (χ0v) is 28.4. The maximum atomic E-state index is 6.50. The smallest absolute Gasteiger partial charge is 0.135 e. The molecule has 52 heavy (non-hydrogen) atoms. The SMILES string of the molecule is c1ccc(-c2cc3ccccc3c3c2-c2ccc(-c4ccc5c(c4)-c4cccc6cccc(c46)O5)cc2C3(c2ccccc2)c2ccccc2)cc1. The lowest BCUT2D eigenvalue weighted by atomic mass is 9.66. The number of hydrogen-bond donors (Lipinski definition) is 0. The van der Waals surface area contributed by atoms with Crippen LogP contribution in [0.5, 0.6) is 11.5 Å².